The Balaban J connectivity index is 1.39. The third kappa shape index (κ3) is 3.57. The van der Waals surface area contributed by atoms with Crippen LogP contribution in [0, 0.1) is 0 Å². The van der Waals surface area contributed by atoms with Gasteiger partial charge in [0.05, 0.1) is 42.5 Å². The van der Waals surface area contributed by atoms with E-state index in [0.29, 0.717) is 0 Å². The minimum Gasteiger partial charge on any atom is -0.309 e. The highest BCUT2D eigenvalue weighted by atomic mass is 32.1. The van der Waals surface area contributed by atoms with Crippen molar-refractivity contribution in [1.29, 1.82) is 0 Å². The van der Waals surface area contributed by atoms with Crippen molar-refractivity contribution in [1.82, 2.24) is 18.7 Å². The van der Waals surface area contributed by atoms with Crippen LogP contribution in [-0.4, -0.2) is 18.7 Å². The summed E-state index contributed by atoms with van der Waals surface area (Å²) in [5.41, 5.74) is 9.49. The minimum atomic E-state index is 0.960. The maximum absolute atomic E-state index is 5.21. The number of fused-ring (bicyclic) bond motifs is 15. The number of nitrogens with zero attached hydrogens (tertiary/aromatic N) is 4. The van der Waals surface area contributed by atoms with Gasteiger partial charge in [0.2, 0.25) is 0 Å². The van der Waals surface area contributed by atoms with E-state index in [0.717, 1.165) is 28.2 Å². The van der Waals surface area contributed by atoms with Gasteiger partial charge in [-0.25, -0.2) is 4.98 Å². The lowest BCUT2D eigenvalue weighted by Gasteiger charge is -2.11. The van der Waals surface area contributed by atoms with Crippen molar-refractivity contribution < 1.29 is 0 Å². The number of rotatable bonds is 3. The lowest BCUT2D eigenvalue weighted by molar-refractivity contribution is 1.11. The molecule has 4 nitrogen and oxygen atoms in total. The normalized spacial score (nSPS) is 12.2. The monoisotopic (exact) mass is 680 g/mol. The Morgan fingerprint density at radius 1 is 0.346 bits per heavy atom. The molecule has 0 aliphatic carbocycles. The van der Waals surface area contributed by atoms with Gasteiger partial charge in [0, 0.05) is 60.7 Å². The largest absolute Gasteiger partial charge is 0.309 e. The number of hydrogen-bond donors (Lipinski definition) is 0. The van der Waals surface area contributed by atoms with E-state index in [1.807, 2.05) is 17.5 Å². The van der Waals surface area contributed by atoms with Crippen LogP contribution in [0.2, 0.25) is 0 Å². The molecule has 0 unspecified atom stereocenters. The average molecular weight is 681 g/mol. The first-order valence-corrected chi connectivity index (χ1v) is 18.5. The molecule has 5 heterocycles. The summed E-state index contributed by atoms with van der Waals surface area (Å²) in [7, 11) is 0. The van der Waals surface area contributed by atoms with E-state index in [2.05, 4.69) is 177 Å². The molecule has 0 atom stereocenters. The SMILES string of the molecule is c1ccc(-n2c3ccccc3c3c4c5ccccc5n(-c5ccccc5)c4c4c5ccnc(-n6c7ccccc7c7ccccc76)c5sc4c32)cc1. The molecule has 12 rings (SSSR count). The molecule has 0 aliphatic heterocycles. The van der Waals surface area contributed by atoms with Gasteiger partial charge in [0.25, 0.3) is 0 Å². The maximum Gasteiger partial charge on any atom is 0.155 e. The summed E-state index contributed by atoms with van der Waals surface area (Å²) >= 11 is 1.87. The van der Waals surface area contributed by atoms with E-state index in [9.17, 15) is 0 Å². The fourth-order valence-electron chi connectivity index (χ4n) is 8.85. The predicted molar refractivity (Wildman–Crippen MR) is 220 cm³/mol. The third-order valence-corrected chi connectivity index (χ3v) is 12.1. The second kappa shape index (κ2) is 10.4. The van der Waals surface area contributed by atoms with Crippen LogP contribution in [-0.2, 0) is 0 Å². The smallest absolute Gasteiger partial charge is 0.155 e. The average Bonchev–Trinajstić information content (AvgIpc) is 3.95. The molecular weight excluding hydrogens is 653 g/mol. The quantitative estimate of drug-likeness (QED) is 0.182. The number of hydrogen-bond acceptors (Lipinski definition) is 2. The Morgan fingerprint density at radius 2 is 0.788 bits per heavy atom. The first kappa shape index (κ1) is 28.1. The summed E-state index contributed by atoms with van der Waals surface area (Å²) in [6.07, 6.45) is 2.01. The molecular formula is C47H28N4S. The molecule has 0 spiro atoms. The number of thiophene rings is 1. The first-order valence-electron chi connectivity index (χ1n) is 17.7. The van der Waals surface area contributed by atoms with E-state index >= 15 is 0 Å². The number of para-hydroxylation sites is 6. The van der Waals surface area contributed by atoms with Crippen molar-refractivity contribution in [3.8, 4) is 17.2 Å². The van der Waals surface area contributed by atoms with Gasteiger partial charge in [0.15, 0.2) is 5.82 Å². The van der Waals surface area contributed by atoms with Crippen LogP contribution in [0.5, 0.6) is 0 Å². The van der Waals surface area contributed by atoms with Crippen LogP contribution in [0.25, 0.3) is 103 Å². The number of benzene rings is 7. The zero-order valence-corrected chi connectivity index (χ0v) is 28.7. The van der Waals surface area contributed by atoms with Crippen molar-refractivity contribution >= 4 is 96.9 Å². The second-order valence-corrected chi connectivity index (χ2v) is 14.5. The second-order valence-electron chi connectivity index (χ2n) is 13.5. The van der Waals surface area contributed by atoms with Crippen LogP contribution in [0.4, 0.5) is 0 Å². The van der Waals surface area contributed by atoms with E-state index < -0.39 is 0 Å². The summed E-state index contributed by atoms with van der Waals surface area (Å²) in [5, 5.41) is 10.00. The Bertz CT molecular complexity index is 3350. The zero-order chi connectivity index (χ0) is 33.9. The Morgan fingerprint density at radius 3 is 1.35 bits per heavy atom. The van der Waals surface area contributed by atoms with Crippen LogP contribution in [0.15, 0.2) is 170 Å². The molecule has 0 fully saturated rings. The molecule has 0 aliphatic rings. The maximum atomic E-state index is 5.21. The summed E-state index contributed by atoms with van der Waals surface area (Å²) in [5.74, 6) is 0.960. The summed E-state index contributed by atoms with van der Waals surface area (Å²) in [6, 6.07) is 59.2. The third-order valence-electron chi connectivity index (χ3n) is 10.9. The predicted octanol–water partition coefficient (Wildman–Crippen LogP) is 12.7. The lowest BCUT2D eigenvalue weighted by atomic mass is 10.0. The number of aromatic nitrogens is 4. The first-order chi connectivity index (χ1) is 25.9. The number of pyridine rings is 1. The van der Waals surface area contributed by atoms with Gasteiger partial charge in [-0.15, -0.1) is 11.3 Å². The van der Waals surface area contributed by atoms with E-state index in [-0.39, 0.29) is 0 Å². The fourth-order valence-corrected chi connectivity index (χ4v) is 10.2. The molecule has 0 amide bonds. The van der Waals surface area contributed by atoms with Gasteiger partial charge in [-0.1, -0.05) is 109 Å². The Hall–Kier alpha value is -6.69. The zero-order valence-electron chi connectivity index (χ0n) is 27.9. The Labute approximate surface area is 301 Å². The van der Waals surface area contributed by atoms with Crippen LogP contribution in [0.3, 0.4) is 0 Å². The van der Waals surface area contributed by atoms with Crippen LogP contribution >= 0.6 is 11.3 Å². The van der Waals surface area contributed by atoms with Crippen LogP contribution in [0.1, 0.15) is 0 Å². The van der Waals surface area contributed by atoms with Gasteiger partial charge in [0.1, 0.15) is 0 Å². The highest BCUT2D eigenvalue weighted by molar-refractivity contribution is 7.27. The molecule has 0 bridgehead atoms. The summed E-state index contributed by atoms with van der Waals surface area (Å²) in [6.45, 7) is 0. The van der Waals surface area contributed by atoms with E-state index in [1.54, 1.807) is 0 Å². The van der Waals surface area contributed by atoms with Crippen molar-refractivity contribution in [3.05, 3.63) is 170 Å². The van der Waals surface area contributed by atoms with Crippen molar-refractivity contribution in [2.45, 2.75) is 0 Å². The Kier molecular flexibility index (Phi) is 5.62. The summed E-state index contributed by atoms with van der Waals surface area (Å²) in [4.78, 5) is 5.21. The van der Waals surface area contributed by atoms with E-state index in [4.69, 9.17) is 4.98 Å². The molecule has 12 aromatic rings. The summed E-state index contributed by atoms with van der Waals surface area (Å²) < 4.78 is 9.79. The minimum absolute atomic E-state index is 0.960. The molecule has 0 N–H and O–H groups in total. The molecule has 0 saturated carbocycles. The van der Waals surface area contributed by atoms with Gasteiger partial charge in [-0.3, -0.25) is 4.57 Å². The molecule has 0 saturated heterocycles. The standard InChI is InChI=1S/C47H28N4S/c1-3-15-29(16-4-1)49-38-25-13-9-21-33(38)40-41-34-22-10-14-26-39(34)50(30-17-5-2-6-18-30)44(41)46-42(43(40)49)35-27-28-48-47(45(35)52-46)51-36-23-11-7-19-31(36)32-20-8-12-24-37(32)51/h1-28H. The van der Waals surface area contributed by atoms with E-state index in [1.165, 1.54) is 74.6 Å². The lowest BCUT2D eigenvalue weighted by Crippen LogP contribution is -1.97. The highest BCUT2D eigenvalue weighted by Crippen LogP contribution is 2.52. The van der Waals surface area contributed by atoms with Crippen molar-refractivity contribution in [2.24, 2.45) is 0 Å². The van der Waals surface area contributed by atoms with Gasteiger partial charge >= 0.3 is 0 Å². The molecule has 242 valence electrons. The van der Waals surface area contributed by atoms with Gasteiger partial charge in [-0.05, 0) is 54.6 Å². The fraction of sp³-hybridized carbons (Fsp3) is 0. The molecule has 0 radical (unpaired) electrons. The highest BCUT2D eigenvalue weighted by Gasteiger charge is 2.28. The van der Waals surface area contributed by atoms with Crippen molar-refractivity contribution in [2.75, 3.05) is 0 Å². The van der Waals surface area contributed by atoms with Crippen LogP contribution < -0.4 is 0 Å². The molecule has 5 heteroatoms. The molecule has 5 aromatic heterocycles. The molecule has 7 aromatic carbocycles. The van der Waals surface area contributed by atoms with Crippen molar-refractivity contribution in [3.63, 3.8) is 0 Å². The van der Waals surface area contributed by atoms with Gasteiger partial charge < -0.3 is 9.13 Å². The topological polar surface area (TPSA) is 27.7 Å². The van der Waals surface area contributed by atoms with Gasteiger partial charge in [-0.2, -0.15) is 0 Å². The molecule has 52 heavy (non-hydrogen) atoms.